The van der Waals surface area contributed by atoms with Crippen LogP contribution in [0.2, 0.25) is 0 Å². The third kappa shape index (κ3) is 3.22. The van der Waals surface area contributed by atoms with Gasteiger partial charge in [0.05, 0.1) is 5.56 Å². The van der Waals surface area contributed by atoms with Crippen molar-refractivity contribution in [2.45, 2.75) is 19.5 Å². The molecular weight excluding hydrogens is 317 g/mol. The Morgan fingerprint density at radius 2 is 1.88 bits per heavy atom. The minimum Gasteiger partial charge on any atom is -0.371 e. The molecule has 0 unspecified atom stereocenters. The fraction of sp³-hybridized carbons (Fsp3) is 0.278. The number of carbonyl (C=O) groups is 1. The highest BCUT2D eigenvalue weighted by Gasteiger charge is 2.30. The molecule has 1 aliphatic rings. The summed E-state index contributed by atoms with van der Waals surface area (Å²) in [6.07, 6.45) is -3.42. The van der Waals surface area contributed by atoms with Crippen molar-refractivity contribution in [3.63, 3.8) is 0 Å². The summed E-state index contributed by atoms with van der Waals surface area (Å²) >= 11 is 0. The van der Waals surface area contributed by atoms with Crippen LogP contribution in [0.5, 0.6) is 0 Å². The highest BCUT2D eigenvalue weighted by molar-refractivity contribution is 6.04. The molecule has 1 aliphatic heterocycles. The van der Waals surface area contributed by atoms with Gasteiger partial charge in [-0.3, -0.25) is 4.79 Å². The molecule has 0 aromatic heterocycles. The van der Waals surface area contributed by atoms with Gasteiger partial charge in [-0.25, -0.2) is 0 Å². The first-order valence-electron chi connectivity index (χ1n) is 7.75. The zero-order valence-corrected chi connectivity index (χ0v) is 13.2. The molecule has 24 heavy (non-hydrogen) atoms. The van der Waals surface area contributed by atoms with Crippen LogP contribution in [0.1, 0.15) is 28.4 Å². The predicted octanol–water partition coefficient (Wildman–Crippen LogP) is 4.34. The van der Waals surface area contributed by atoms with E-state index in [1.807, 2.05) is 18.2 Å². The first-order valence-corrected chi connectivity index (χ1v) is 7.75. The quantitative estimate of drug-likeness (QED) is 0.905. The molecule has 3 nitrogen and oxygen atoms in total. The highest BCUT2D eigenvalue weighted by Crippen LogP contribution is 2.31. The lowest BCUT2D eigenvalue weighted by Gasteiger charge is -2.17. The number of fused-ring (bicyclic) bond motifs is 1. The molecule has 6 heteroatoms. The number of carbonyl (C=O) groups excluding carboxylic acids is 1. The maximum atomic E-state index is 12.6. The number of nitrogens with one attached hydrogen (secondary N) is 1. The number of likely N-dealkylation sites (N-methyl/N-ethyl adjacent to an activating group) is 1. The summed E-state index contributed by atoms with van der Waals surface area (Å²) in [5.74, 6) is -0.426. The molecular formula is C18H17F3N2O. The highest BCUT2D eigenvalue weighted by atomic mass is 19.4. The SMILES string of the molecule is CCN1CCc2ccc(NC(=O)c3ccc(C(F)(F)F)cc3)cc21. The zero-order valence-electron chi connectivity index (χ0n) is 13.2. The second-order valence-corrected chi connectivity index (χ2v) is 5.70. The second-order valence-electron chi connectivity index (χ2n) is 5.70. The van der Waals surface area contributed by atoms with E-state index in [0.717, 1.165) is 37.3 Å². The first-order chi connectivity index (χ1) is 11.4. The molecule has 0 saturated heterocycles. The molecule has 0 saturated carbocycles. The molecule has 1 heterocycles. The van der Waals surface area contributed by atoms with Gasteiger partial charge >= 0.3 is 6.18 Å². The van der Waals surface area contributed by atoms with Crippen molar-refractivity contribution < 1.29 is 18.0 Å². The third-order valence-corrected chi connectivity index (χ3v) is 4.19. The summed E-state index contributed by atoms with van der Waals surface area (Å²) in [7, 11) is 0. The Morgan fingerprint density at radius 3 is 2.50 bits per heavy atom. The monoisotopic (exact) mass is 334 g/mol. The van der Waals surface area contributed by atoms with E-state index >= 15 is 0 Å². The minimum absolute atomic E-state index is 0.191. The Kier molecular flexibility index (Phi) is 4.22. The minimum atomic E-state index is -4.40. The fourth-order valence-electron chi connectivity index (χ4n) is 2.87. The van der Waals surface area contributed by atoms with Crippen LogP contribution in [0.15, 0.2) is 42.5 Å². The largest absolute Gasteiger partial charge is 0.416 e. The fourth-order valence-corrected chi connectivity index (χ4v) is 2.87. The smallest absolute Gasteiger partial charge is 0.371 e. The number of rotatable bonds is 3. The van der Waals surface area contributed by atoms with Crippen molar-refractivity contribution >= 4 is 17.3 Å². The van der Waals surface area contributed by atoms with Gasteiger partial charge < -0.3 is 10.2 Å². The molecule has 3 rings (SSSR count). The van der Waals surface area contributed by atoms with E-state index in [0.29, 0.717) is 5.69 Å². The van der Waals surface area contributed by atoms with E-state index in [9.17, 15) is 18.0 Å². The Labute approximate surface area is 138 Å². The van der Waals surface area contributed by atoms with Gasteiger partial charge in [0.15, 0.2) is 0 Å². The van der Waals surface area contributed by atoms with Gasteiger partial charge in [0, 0.05) is 30.0 Å². The van der Waals surface area contributed by atoms with Crippen LogP contribution in [-0.2, 0) is 12.6 Å². The van der Waals surface area contributed by atoms with E-state index < -0.39 is 17.6 Å². The normalized spacial score (nSPS) is 13.8. The summed E-state index contributed by atoms with van der Waals surface area (Å²) < 4.78 is 37.7. The van der Waals surface area contributed by atoms with Gasteiger partial charge in [0.1, 0.15) is 0 Å². The topological polar surface area (TPSA) is 32.3 Å². The van der Waals surface area contributed by atoms with Crippen molar-refractivity contribution in [2.24, 2.45) is 0 Å². The van der Waals surface area contributed by atoms with Gasteiger partial charge in [-0.2, -0.15) is 13.2 Å². The zero-order chi connectivity index (χ0) is 17.3. The van der Waals surface area contributed by atoms with Crippen LogP contribution < -0.4 is 10.2 Å². The van der Waals surface area contributed by atoms with Gasteiger partial charge in [-0.15, -0.1) is 0 Å². The lowest BCUT2D eigenvalue weighted by atomic mass is 10.1. The van der Waals surface area contributed by atoms with Crippen molar-refractivity contribution in [1.29, 1.82) is 0 Å². The van der Waals surface area contributed by atoms with E-state index in [1.165, 1.54) is 17.7 Å². The average Bonchev–Trinajstić information content (AvgIpc) is 2.96. The number of anilines is 2. The predicted molar refractivity (Wildman–Crippen MR) is 87.4 cm³/mol. The van der Waals surface area contributed by atoms with E-state index in [2.05, 4.69) is 17.1 Å². The van der Waals surface area contributed by atoms with Crippen LogP contribution in [0.4, 0.5) is 24.5 Å². The summed E-state index contributed by atoms with van der Waals surface area (Å²) in [4.78, 5) is 14.4. The number of alkyl halides is 3. The van der Waals surface area contributed by atoms with Gasteiger partial charge in [-0.1, -0.05) is 6.07 Å². The molecule has 0 atom stereocenters. The van der Waals surface area contributed by atoms with Crippen LogP contribution >= 0.6 is 0 Å². The van der Waals surface area contributed by atoms with Crippen molar-refractivity contribution in [3.8, 4) is 0 Å². The number of hydrogen-bond donors (Lipinski definition) is 1. The maximum absolute atomic E-state index is 12.6. The average molecular weight is 334 g/mol. The molecule has 2 aromatic carbocycles. The van der Waals surface area contributed by atoms with Crippen LogP contribution in [0.25, 0.3) is 0 Å². The number of hydrogen-bond acceptors (Lipinski definition) is 2. The van der Waals surface area contributed by atoms with Crippen LogP contribution in [-0.4, -0.2) is 19.0 Å². The van der Waals surface area contributed by atoms with E-state index in [-0.39, 0.29) is 5.56 Å². The first kappa shape index (κ1) is 16.4. The van der Waals surface area contributed by atoms with Crippen molar-refractivity contribution in [3.05, 3.63) is 59.2 Å². The Balaban J connectivity index is 1.76. The van der Waals surface area contributed by atoms with Crippen molar-refractivity contribution in [2.75, 3.05) is 23.3 Å². The Hall–Kier alpha value is -2.50. The maximum Gasteiger partial charge on any atom is 0.416 e. The Bertz CT molecular complexity index is 754. The van der Waals surface area contributed by atoms with Gasteiger partial charge in [0.25, 0.3) is 5.91 Å². The summed E-state index contributed by atoms with van der Waals surface area (Å²) in [5, 5.41) is 2.74. The van der Waals surface area contributed by atoms with Crippen LogP contribution in [0.3, 0.4) is 0 Å². The van der Waals surface area contributed by atoms with E-state index in [4.69, 9.17) is 0 Å². The molecule has 0 radical (unpaired) electrons. The van der Waals surface area contributed by atoms with Gasteiger partial charge in [-0.05, 0) is 55.3 Å². The molecule has 1 amide bonds. The summed E-state index contributed by atoms with van der Waals surface area (Å²) in [6, 6.07) is 9.90. The Morgan fingerprint density at radius 1 is 1.17 bits per heavy atom. The van der Waals surface area contributed by atoms with Crippen LogP contribution in [0, 0.1) is 0 Å². The molecule has 0 bridgehead atoms. The third-order valence-electron chi connectivity index (χ3n) is 4.19. The number of amides is 1. The van der Waals surface area contributed by atoms with Gasteiger partial charge in [0.2, 0.25) is 0 Å². The molecule has 0 spiro atoms. The van der Waals surface area contributed by atoms with E-state index in [1.54, 1.807) is 0 Å². The lowest BCUT2D eigenvalue weighted by molar-refractivity contribution is -0.137. The molecule has 2 aromatic rings. The standard InChI is InChI=1S/C18H17F3N2O/c1-2-23-10-9-12-5-8-15(11-16(12)23)22-17(24)13-3-6-14(7-4-13)18(19,20)21/h3-8,11H,2,9-10H2,1H3,(H,22,24). The molecule has 0 fully saturated rings. The number of halogens is 3. The summed E-state index contributed by atoms with van der Waals surface area (Å²) in [5.41, 5.74) is 2.40. The number of benzene rings is 2. The second kappa shape index (κ2) is 6.19. The van der Waals surface area contributed by atoms with Crippen molar-refractivity contribution in [1.82, 2.24) is 0 Å². The lowest BCUT2D eigenvalue weighted by Crippen LogP contribution is -2.19. The summed E-state index contributed by atoms with van der Waals surface area (Å²) in [6.45, 7) is 3.92. The molecule has 1 N–H and O–H groups in total. The molecule has 126 valence electrons. The number of nitrogens with zero attached hydrogens (tertiary/aromatic N) is 1. The molecule has 0 aliphatic carbocycles.